The molecular weight excluding hydrogens is 816 g/mol. The Bertz CT molecular complexity index is 1930. The van der Waals surface area contributed by atoms with Crippen molar-refractivity contribution >= 4 is 46.5 Å². The number of carboxylic acids is 3. The average molecular weight is 872 g/mol. The summed E-state index contributed by atoms with van der Waals surface area (Å²) in [5.74, 6) is -6.80. The number of carboxylic acid groups (broad SMARTS) is 3. The van der Waals surface area contributed by atoms with Crippen molar-refractivity contribution in [2.75, 3.05) is 111 Å². The zero-order valence-corrected chi connectivity index (χ0v) is 34.6. The number of benzene rings is 1. The summed E-state index contributed by atoms with van der Waals surface area (Å²) in [6.45, 7) is 2.04. The number of carbonyl (C=O) groups is 6. The summed E-state index contributed by atoms with van der Waals surface area (Å²) < 4.78 is 33.7. The zero-order valence-electron chi connectivity index (χ0n) is 34.6. The number of alkyl halides is 2. The second-order valence-corrected chi connectivity index (χ2v) is 16.0. The Morgan fingerprint density at radius 1 is 0.790 bits per heavy atom. The Morgan fingerprint density at radius 2 is 1.34 bits per heavy atom. The number of amides is 3. The predicted molar refractivity (Wildman–Crippen MR) is 217 cm³/mol. The summed E-state index contributed by atoms with van der Waals surface area (Å²) in [6.07, 6.45) is 3.91. The van der Waals surface area contributed by atoms with Gasteiger partial charge in [-0.15, -0.1) is 0 Å². The maximum Gasteiger partial charge on any atom is 0.317 e. The molecule has 4 N–H and O–H groups in total. The summed E-state index contributed by atoms with van der Waals surface area (Å²) in [6, 6.07) is 7.06. The lowest BCUT2D eigenvalue weighted by Crippen LogP contribution is -2.50. The molecule has 3 saturated heterocycles. The number of rotatable bonds is 16. The molecule has 1 aromatic carbocycles. The lowest BCUT2D eigenvalue weighted by molar-refractivity contribution is -0.141. The number of hydrogen-bond donors (Lipinski definition) is 4. The average Bonchev–Trinajstić information content (AvgIpc) is 3.55. The van der Waals surface area contributed by atoms with Crippen LogP contribution in [0.4, 0.5) is 8.78 Å². The molecule has 3 fully saturated rings. The first-order valence-electron chi connectivity index (χ1n) is 20.8. The van der Waals surface area contributed by atoms with Gasteiger partial charge in [0.2, 0.25) is 11.8 Å². The van der Waals surface area contributed by atoms with Gasteiger partial charge in [-0.2, -0.15) is 5.26 Å². The van der Waals surface area contributed by atoms with Crippen LogP contribution in [-0.2, 0) is 24.0 Å². The first-order valence-corrected chi connectivity index (χ1v) is 20.8. The predicted octanol–water partition coefficient (Wildman–Crippen LogP) is 0.597. The van der Waals surface area contributed by atoms with Gasteiger partial charge in [0.1, 0.15) is 11.8 Å². The molecule has 338 valence electrons. The molecule has 0 aliphatic carbocycles. The number of nitrogens with zero attached hydrogens (tertiary/aromatic N) is 8. The Labute approximate surface area is 357 Å². The molecule has 4 heterocycles. The van der Waals surface area contributed by atoms with Crippen molar-refractivity contribution < 1.29 is 57.6 Å². The van der Waals surface area contributed by atoms with Crippen LogP contribution in [0, 0.1) is 17.2 Å². The number of fused-ring (bicyclic) bond motifs is 1. The summed E-state index contributed by atoms with van der Waals surface area (Å²) in [5, 5.41) is 40.5. The van der Waals surface area contributed by atoms with Crippen molar-refractivity contribution in [1.29, 1.82) is 5.26 Å². The second kappa shape index (κ2) is 22.5. The number of halogens is 2. The molecule has 3 amide bonds. The van der Waals surface area contributed by atoms with Crippen LogP contribution in [0.1, 0.15) is 42.5 Å². The highest BCUT2D eigenvalue weighted by molar-refractivity contribution is 6.07. The molecule has 0 radical (unpaired) electrons. The minimum Gasteiger partial charge on any atom is -0.494 e. The molecule has 0 unspecified atom stereocenters. The SMILES string of the molecule is N#C[C@@H]1CC(F)(F)CN1C(=O)CNC(=O)c1ccnc2ccc(OCCCC3CCN(C(=O)CN4CCN(CC(=O)O)CCN(CC(=O)O)CCN(CC(=O)O)CC4)CC3)cc12. The van der Waals surface area contributed by atoms with E-state index in [1.54, 1.807) is 39.0 Å². The molecule has 21 heteroatoms. The zero-order chi connectivity index (χ0) is 44.8. The second-order valence-electron chi connectivity index (χ2n) is 16.0. The normalized spacial score (nSPS) is 20.2. The van der Waals surface area contributed by atoms with E-state index in [1.807, 2.05) is 9.80 Å². The summed E-state index contributed by atoms with van der Waals surface area (Å²) >= 11 is 0. The van der Waals surface area contributed by atoms with Gasteiger partial charge in [-0.3, -0.25) is 53.4 Å². The topological polar surface area (TPSA) is 240 Å². The summed E-state index contributed by atoms with van der Waals surface area (Å²) in [7, 11) is 0. The quantitative estimate of drug-likeness (QED) is 0.169. The molecule has 0 saturated carbocycles. The Hall–Kier alpha value is -5.56. The Morgan fingerprint density at radius 3 is 1.87 bits per heavy atom. The summed E-state index contributed by atoms with van der Waals surface area (Å²) in [5.41, 5.74) is 0.725. The highest BCUT2D eigenvalue weighted by Crippen LogP contribution is 2.32. The number of aliphatic carboxylic acids is 3. The van der Waals surface area contributed by atoms with E-state index in [-0.39, 0.29) is 50.7 Å². The number of nitrogens with one attached hydrogen (secondary N) is 1. The molecule has 62 heavy (non-hydrogen) atoms. The van der Waals surface area contributed by atoms with Crippen molar-refractivity contribution in [3.63, 3.8) is 0 Å². The summed E-state index contributed by atoms with van der Waals surface area (Å²) in [4.78, 5) is 87.9. The third-order valence-corrected chi connectivity index (χ3v) is 11.5. The first-order chi connectivity index (χ1) is 29.6. The van der Waals surface area contributed by atoms with Gasteiger partial charge >= 0.3 is 17.9 Å². The maximum absolute atomic E-state index is 13.8. The van der Waals surface area contributed by atoms with Crippen LogP contribution in [0.2, 0.25) is 0 Å². The van der Waals surface area contributed by atoms with Crippen LogP contribution < -0.4 is 10.1 Å². The number of nitriles is 1. The van der Waals surface area contributed by atoms with E-state index in [9.17, 15) is 58.1 Å². The van der Waals surface area contributed by atoms with Gasteiger partial charge < -0.3 is 35.2 Å². The van der Waals surface area contributed by atoms with E-state index in [1.165, 1.54) is 12.3 Å². The van der Waals surface area contributed by atoms with Gasteiger partial charge in [0.15, 0.2) is 0 Å². The van der Waals surface area contributed by atoms with Crippen LogP contribution >= 0.6 is 0 Å². The standard InChI is InChI=1S/C41H55F2N9O10/c42-41(43)21-30(22-44)52(28-41)35(53)23-46-40(61)32-5-8-45-34-4-3-31(20-33(32)34)62-19-1-2-29-6-9-51(10-7-29)36(54)24-47-11-13-48(25-37(55)56)15-17-50(27-39(59)60)18-16-49(14-12-47)26-38(57)58/h3-5,8,20,29-30H,1-2,6-7,9-19,21,23-28H2,(H,46,61)(H,55,56)(H,57,58)(H,59,60)/t30-/m0/s1. The first kappa shape index (κ1) is 47.5. The van der Waals surface area contributed by atoms with Crippen LogP contribution in [0.15, 0.2) is 30.5 Å². The maximum atomic E-state index is 13.8. The van der Waals surface area contributed by atoms with E-state index in [2.05, 4.69) is 10.3 Å². The molecule has 3 aliphatic heterocycles. The number of ether oxygens (including phenoxy) is 1. The molecular formula is C41H55F2N9O10. The molecule has 1 atom stereocenters. The van der Waals surface area contributed by atoms with Crippen molar-refractivity contribution in [2.45, 2.75) is 44.1 Å². The monoisotopic (exact) mass is 871 g/mol. The third-order valence-electron chi connectivity index (χ3n) is 11.5. The Balaban J connectivity index is 1.08. The molecule has 19 nitrogen and oxygen atoms in total. The van der Waals surface area contributed by atoms with Crippen molar-refractivity contribution in [2.24, 2.45) is 5.92 Å². The van der Waals surface area contributed by atoms with E-state index in [4.69, 9.17) is 4.74 Å². The van der Waals surface area contributed by atoms with Gasteiger partial charge in [-0.05, 0) is 55.9 Å². The molecule has 3 aliphatic rings. The smallest absolute Gasteiger partial charge is 0.317 e. The Kier molecular flexibility index (Phi) is 17.2. The van der Waals surface area contributed by atoms with Gasteiger partial charge in [-0.25, -0.2) is 8.78 Å². The van der Waals surface area contributed by atoms with Crippen molar-refractivity contribution in [3.8, 4) is 11.8 Å². The largest absolute Gasteiger partial charge is 0.494 e. The molecule has 2 aromatic rings. The van der Waals surface area contributed by atoms with Gasteiger partial charge in [0.05, 0.1) is 63.0 Å². The lowest BCUT2D eigenvalue weighted by atomic mass is 9.92. The van der Waals surface area contributed by atoms with Crippen LogP contribution in [0.5, 0.6) is 5.75 Å². The van der Waals surface area contributed by atoms with Crippen molar-refractivity contribution in [3.05, 3.63) is 36.0 Å². The van der Waals surface area contributed by atoms with E-state index in [0.29, 0.717) is 81.5 Å². The lowest BCUT2D eigenvalue weighted by Gasteiger charge is -2.35. The fourth-order valence-electron chi connectivity index (χ4n) is 8.07. The third kappa shape index (κ3) is 14.5. The van der Waals surface area contributed by atoms with Crippen LogP contribution in [0.25, 0.3) is 10.9 Å². The highest BCUT2D eigenvalue weighted by atomic mass is 19.3. The van der Waals surface area contributed by atoms with E-state index < -0.39 is 61.2 Å². The molecule has 1 aromatic heterocycles. The van der Waals surface area contributed by atoms with Gasteiger partial charge in [0.25, 0.3) is 11.8 Å². The van der Waals surface area contributed by atoms with Crippen LogP contribution in [0.3, 0.4) is 0 Å². The highest BCUT2D eigenvalue weighted by Gasteiger charge is 2.47. The van der Waals surface area contributed by atoms with E-state index in [0.717, 1.165) is 30.6 Å². The number of pyridine rings is 1. The number of aromatic nitrogens is 1. The number of hydrogen-bond acceptors (Lipinski definition) is 13. The molecule has 5 rings (SSSR count). The number of likely N-dealkylation sites (tertiary alicyclic amines) is 2. The number of piperidine rings is 1. The molecule has 0 bridgehead atoms. The molecule has 0 spiro atoms. The van der Waals surface area contributed by atoms with Crippen LogP contribution in [-0.4, -0.2) is 209 Å². The minimum atomic E-state index is -3.17. The van der Waals surface area contributed by atoms with Gasteiger partial charge in [0, 0.05) is 83.5 Å². The van der Waals surface area contributed by atoms with Crippen molar-refractivity contribution in [1.82, 2.24) is 39.7 Å². The number of carbonyl (C=O) groups excluding carboxylic acids is 3. The minimum absolute atomic E-state index is 0.0598. The van der Waals surface area contributed by atoms with Gasteiger partial charge in [-0.1, -0.05) is 0 Å². The van der Waals surface area contributed by atoms with E-state index >= 15 is 0 Å². The fraction of sp³-hybridized carbons (Fsp3) is 0.610. The fourth-order valence-corrected chi connectivity index (χ4v) is 8.07.